The Hall–Kier alpha value is -0.970. The van der Waals surface area contributed by atoms with Crippen LogP contribution in [0.4, 0.5) is 0 Å². The van der Waals surface area contributed by atoms with E-state index < -0.39 is 60.0 Å². The predicted octanol–water partition coefficient (Wildman–Crippen LogP) is 2.84. The zero-order chi connectivity index (χ0) is 21.9. The quantitative estimate of drug-likeness (QED) is 0.494. The summed E-state index contributed by atoms with van der Waals surface area (Å²) in [6, 6.07) is 6.18. The highest BCUT2D eigenvalue weighted by Crippen LogP contribution is 2.51. The Balaban J connectivity index is 1.60. The van der Waals surface area contributed by atoms with Crippen LogP contribution in [0, 0.1) is 6.92 Å². The fraction of sp³-hybridized carbons (Fsp3) is 0.684. The fourth-order valence-electron chi connectivity index (χ4n) is 3.79. The molecular weight excluding hydrogens is 435 g/mol. The van der Waals surface area contributed by atoms with Gasteiger partial charge in [0.15, 0.2) is 23.8 Å². The molecule has 0 N–H and O–H groups in total. The Kier molecular flexibility index (Phi) is 5.61. The normalized spacial score (nSPS) is 36.6. The molecule has 0 amide bonds. The average Bonchev–Trinajstić information content (AvgIpc) is 3.16. The molecule has 11 heteroatoms. The molecule has 3 saturated heterocycles. The van der Waals surface area contributed by atoms with E-state index in [1.54, 1.807) is 39.8 Å². The highest BCUT2D eigenvalue weighted by atomic mass is 32.2. The van der Waals surface area contributed by atoms with Crippen molar-refractivity contribution < 1.29 is 40.6 Å². The standard InChI is InChI=1S/C19H26O9PS/c1-11-6-8-12(9-7-11)30(21,22)28-17-16-15(25-19(4,5)26-16)14(27-29(17)20)13-10-23-18(2,3)24-13/h6-9,13-17H,10H2,1-5H3/q+1. The molecule has 0 bridgehead atoms. The van der Waals surface area contributed by atoms with Crippen molar-refractivity contribution in [2.24, 2.45) is 0 Å². The minimum Gasteiger partial charge on any atom is -0.348 e. The first-order valence-electron chi connectivity index (χ1n) is 9.67. The van der Waals surface area contributed by atoms with Crippen molar-refractivity contribution in [3.8, 4) is 0 Å². The van der Waals surface area contributed by atoms with Gasteiger partial charge in [0.1, 0.15) is 12.2 Å². The lowest BCUT2D eigenvalue weighted by Gasteiger charge is -2.31. The molecule has 0 saturated carbocycles. The molecule has 0 aliphatic carbocycles. The largest absolute Gasteiger partial charge is 0.545 e. The van der Waals surface area contributed by atoms with Gasteiger partial charge in [-0.1, -0.05) is 17.7 Å². The van der Waals surface area contributed by atoms with Crippen molar-refractivity contribution >= 4 is 18.1 Å². The predicted molar refractivity (Wildman–Crippen MR) is 104 cm³/mol. The first kappa shape index (κ1) is 22.2. The second-order valence-corrected chi connectivity index (χ2v) is 11.4. The summed E-state index contributed by atoms with van der Waals surface area (Å²) >= 11 is 0. The molecule has 1 aromatic carbocycles. The Morgan fingerprint density at radius 3 is 2.20 bits per heavy atom. The number of ether oxygens (including phenoxy) is 4. The lowest BCUT2D eigenvalue weighted by Crippen LogP contribution is -2.53. The SMILES string of the molecule is Cc1ccc(S(=O)(=O)OC2C3OC(C)(C)OC3C(C3COC(C)(C)O3)O[P+]2=O)cc1. The third kappa shape index (κ3) is 4.33. The Morgan fingerprint density at radius 1 is 0.967 bits per heavy atom. The maximum absolute atomic E-state index is 12.9. The maximum atomic E-state index is 12.9. The van der Waals surface area contributed by atoms with Gasteiger partial charge in [-0.05, 0) is 51.3 Å². The van der Waals surface area contributed by atoms with Gasteiger partial charge >= 0.3 is 24.0 Å². The monoisotopic (exact) mass is 461 g/mol. The minimum absolute atomic E-state index is 0.0392. The average molecular weight is 461 g/mol. The summed E-state index contributed by atoms with van der Waals surface area (Å²) < 4.78 is 72.9. The molecule has 3 aliphatic heterocycles. The molecular formula is C19H26O9PS+. The van der Waals surface area contributed by atoms with E-state index in [1.807, 2.05) is 6.92 Å². The Labute approximate surface area is 176 Å². The van der Waals surface area contributed by atoms with Gasteiger partial charge in [-0.15, -0.1) is 4.52 Å². The lowest BCUT2D eigenvalue weighted by molar-refractivity contribution is -0.173. The van der Waals surface area contributed by atoms with Crippen molar-refractivity contribution in [3.63, 3.8) is 0 Å². The van der Waals surface area contributed by atoms with E-state index in [9.17, 15) is 13.0 Å². The number of rotatable bonds is 4. The Morgan fingerprint density at radius 2 is 1.60 bits per heavy atom. The van der Waals surface area contributed by atoms with Gasteiger partial charge in [0, 0.05) is 0 Å². The summed E-state index contributed by atoms with van der Waals surface area (Å²) in [5.41, 5.74) is 0.903. The molecule has 0 spiro atoms. The van der Waals surface area contributed by atoms with Gasteiger partial charge in [-0.2, -0.15) is 8.42 Å². The first-order chi connectivity index (χ1) is 13.9. The molecule has 3 fully saturated rings. The molecule has 6 atom stereocenters. The molecule has 3 heterocycles. The van der Waals surface area contributed by atoms with E-state index >= 15 is 0 Å². The van der Waals surface area contributed by atoms with Gasteiger partial charge in [-0.3, -0.25) is 0 Å². The van der Waals surface area contributed by atoms with Gasteiger partial charge in [-0.25, -0.2) is 4.18 Å². The van der Waals surface area contributed by atoms with E-state index in [4.69, 9.17) is 27.7 Å². The van der Waals surface area contributed by atoms with Crippen LogP contribution < -0.4 is 0 Å². The summed E-state index contributed by atoms with van der Waals surface area (Å²) in [5, 5.41) is 0. The third-order valence-electron chi connectivity index (χ3n) is 5.13. The van der Waals surface area contributed by atoms with Gasteiger partial charge in [0.2, 0.25) is 0 Å². The van der Waals surface area contributed by atoms with E-state index in [0.717, 1.165) is 5.56 Å². The smallest absolute Gasteiger partial charge is 0.348 e. The van der Waals surface area contributed by atoms with Crippen LogP contribution in [0.2, 0.25) is 0 Å². The maximum Gasteiger partial charge on any atom is 0.545 e. The lowest BCUT2D eigenvalue weighted by atomic mass is 10.0. The number of hydrogen-bond acceptors (Lipinski definition) is 9. The highest BCUT2D eigenvalue weighted by Gasteiger charge is 2.66. The van der Waals surface area contributed by atoms with Crippen molar-refractivity contribution in [1.29, 1.82) is 0 Å². The van der Waals surface area contributed by atoms with Crippen molar-refractivity contribution in [2.75, 3.05) is 6.61 Å². The zero-order valence-corrected chi connectivity index (χ0v) is 19.1. The van der Waals surface area contributed by atoms with Crippen LogP contribution in [-0.4, -0.2) is 56.9 Å². The molecule has 166 valence electrons. The van der Waals surface area contributed by atoms with Crippen molar-refractivity contribution in [1.82, 2.24) is 0 Å². The minimum atomic E-state index is -4.20. The van der Waals surface area contributed by atoms with Gasteiger partial charge in [0.05, 0.1) is 11.5 Å². The summed E-state index contributed by atoms with van der Waals surface area (Å²) in [6.45, 7) is 8.98. The summed E-state index contributed by atoms with van der Waals surface area (Å²) in [7, 11) is -6.76. The Bertz CT molecular complexity index is 928. The third-order valence-corrected chi connectivity index (χ3v) is 7.85. The summed E-state index contributed by atoms with van der Waals surface area (Å²) in [5.74, 6) is -3.21. The van der Waals surface area contributed by atoms with Gasteiger partial charge in [0.25, 0.3) is 0 Å². The molecule has 9 nitrogen and oxygen atoms in total. The molecule has 30 heavy (non-hydrogen) atoms. The van der Waals surface area contributed by atoms with Crippen LogP contribution in [0.25, 0.3) is 0 Å². The highest BCUT2D eigenvalue weighted by molar-refractivity contribution is 7.87. The second-order valence-electron chi connectivity index (χ2n) is 8.54. The number of hydrogen-bond donors (Lipinski definition) is 0. The fourth-order valence-corrected chi connectivity index (χ4v) is 6.45. The summed E-state index contributed by atoms with van der Waals surface area (Å²) in [6.07, 6.45) is -2.97. The van der Waals surface area contributed by atoms with E-state index in [1.165, 1.54) is 12.1 Å². The topological polar surface area (TPSA) is 107 Å². The summed E-state index contributed by atoms with van der Waals surface area (Å²) in [4.78, 5) is -0.0392. The van der Waals surface area contributed by atoms with Crippen LogP contribution in [0.15, 0.2) is 29.2 Å². The van der Waals surface area contributed by atoms with E-state index in [2.05, 4.69) is 0 Å². The van der Waals surface area contributed by atoms with Crippen molar-refractivity contribution in [2.45, 2.75) is 81.3 Å². The van der Waals surface area contributed by atoms with Crippen LogP contribution in [0.3, 0.4) is 0 Å². The van der Waals surface area contributed by atoms with E-state index in [0.29, 0.717) is 0 Å². The number of benzene rings is 1. The van der Waals surface area contributed by atoms with Gasteiger partial charge < -0.3 is 18.9 Å². The zero-order valence-electron chi connectivity index (χ0n) is 17.4. The van der Waals surface area contributed by atoms with Crippen LogP contribution in [-0.2, 0) is 42.3 Å². The number of fused-ring (bicyclic) bond motifs is 1. The molecule has 0 radical (unpaired) electrons. The van der Waals surface area contributed by atoms with Crippen LogP contribution in [0.5, 0.6) is 0 Å². The second kappa shape index (κ2) is 7.56. The van der Waals surface area contributed by atoms with Crippen LogP contribution >= 0.6 is 8.03 Å². The van der Waals surface area contributed by atoms with E-state index in [-0.39, 0.29) is 11.5 Å². The first-order valence-corrected chi connectivity index (χ1v) is 12.3. The molecule has 0 aromatic heterocycles. The molecule has 3 aliphatic rings. The molecule has 6 unspecified atom stereocenters. The number of aryl methyl sites for hydroxylation is 1. The van der Waals surface area contributed by atoms with Crippen LogP contribution in [0.1, 0.15) is 33.3 Å². The van der Waals surface area contributed by atoms with Crippen molar-refractivity contribution in [3.05, 3.63) is 29.8 Å². The molecule has 1 aromatic rings. The molecule has 4 rings (SSSR count).